The number of aromatic amines is 1. The Morgan fingerprint density at radius 2 is 1.91 bits per heavy atom. The van der Waals surface area contributed by atoms with Crippen molar-refractivity contribution in [3.05, 3.63) is 36.0 Å². The van der Waals surface area contributed by atoms with Crippen LogP contribution in [-0.2, 0) is 20.8 Å². The number of aromatic nitrogens is 1. The first-order chi connectivity index (χ1) is 10.9. The molecule has 8 heteroatoms. The van der Waals surface area contributed by atoms with Crippen molar-refractivity contribution < 1.29 is 30.3 Å². The molecular formula is C15H16N3O5-. The Morgan fingerprint density at radius 1 is 1.22 bits per heavy atom. The normalized spacial score (nSPS) is 13.4. The predicted molar refractivity (Wildman–Crippen MR) is 75.2 cm³/mol. The Morgan fingerprint density at radius 3 is 2.57 bits per heavy atom. The number of H-pyrrole nitrogens is 1. The maximum Gasteiger partial charge on any atom is 0.279 e. The summed E-state index contributed by atoms with van der Waals surface area (Å²) in [5.74, 6) is -3.66. The Kier molecular flexibility index (Phi) is 4.97. The van der Waals surface area contributed by atoms with Crippen molar-refractivity contribution in [1.82, 2.24) is 10.3 Å². The summed E-state index contributed by atoms with van der Waals surface area (Å²) in [6.45, 7) is 0. The average Bonchev–Trinajstić information content (AvgIpc) is 2.89. The van der Waals surface area contributed by atoms with Crippen LogP contribution in [0.4, 0.5) is 0 Å². The Bertz CT molecular complexity index is 740. The third kappa shape index (κ3) is 4.07. The smallest absolute Gasteiger partial charge is 0.279 e. The summed E-state index contributed by atoms with van der Waals surface area (Å²) in [6, 6.07) is 4.91. The van der Waals surface area contributed by atoms with Gasteiger partial charge in [-0.25, -0.2) is 0 Å². The lowest BCUT2D eigenvalue weighted by molar-refractivity contribution is -0.408. The van der Waals surface area contributed by atoms with Gasteiger partial charge in [-0.05, 0) is 11.6 Å². The summed E-state index contributed by atoms with van der Waals surface area (Å²) < 4.78 is 0. The molecule has 0 saturated heterocycles. The number of hydrogen-bond acceptors (Lipinski definition) is 5. The van der Waals surface area contributed by atoms with Crippen LogP contribution in [-0.4, -0.2) is 34.9 Å². The first-order valence-electron chi connectivity index (χ1n) is 6.97. The summed E-state index contributed by atoms with van der Waals surface area (Å²) in [5.41, 5.74) is 4.93. The number of amides is 1. The number of rotatable bonds is 7. The molecule has 0 saturated carbocycles. The fraction of sp³-hybridized carbons (Fsp3) is 0.267. The molecule has 0 spiro atoms. The summed E-state index contributed by atoms with van der Waals surface area (Å²) in [5, 5.41) is 24.8. The highest BCUT2D eigenvalue weighted by Gasteiger charge is 2.22. The third-order valence-electron chi connectivity index (χ3n) is 3.48. The minimum Gasteiger partial charge on any atom is -0.550 e. The number of quaternary nitrogens is 1. The maximum atomic E-state index is 11.8. The molecule has 0 aliphatic rings. The molecule has 23 heavy (non-hydrogen) atoms. The number of benzene rings is 1. The number of carbonyl (C=O) groups excluding carboxylic acids is 3. The van der Waals surface area contributed by atoms with Crippen LogP contribution in [0.1, 0.15) is 12.0 Å². The molecule has 0 aliphatic carbocycles. The number of carbonyl (C=O) groups is 3. The lowest BCUT2D eigenvalue weighted by atomic mass is 10.0. The quantitative estimate of drug-likeness (QED) is 0.488. The molecule has 0 fully saturated rings. The van der Waals surface area contributed by atoms with Gasteiger partial charge in [0.1, 0.15) is 0 Å². The minimum absolute atomic E-state index is 0.0100. The van der Waals surface area contributed by atoms with E-state index in [0.717, 1.165) is 10.9 Å². The van der Waals surface area contributed by atoms with Crippen LogP contribution in [0.5, 0.6) is 0 Å². The highest BCUT2D eigenvalue weighted by molar-refractivity contribution is 5.89. The van der Waals surface area contributed by atoms with Gasteiger partial charge in [0.05, 0.1) is 12.0 Å². The standard InChI is InChI=1S/C15H17N3O5/c16-10(6-13(19)20)14(21)18-12(15(22)23)5-8-7-17-11-4-2-1-3-9(8)11/h1-4,7,10,12,17H,5-6,16H2,(H,18,21)(H,19,20)(H,22,23)/p-1/t10-,12-/m0/s1. The summed E-state index contributed by atoms with van der Waals surface area (Å²) in [7, 11) is 0. The largest absolute Gasteiger partial charge is 0.550 e. The number of aliphatic carboxylic acids is 2. The van der Waals surface area contributed by atoms with E-state index in [1.54, 1.807) is 6.20 Å². The molecule has 1 aromatic carbocycles. The van der Waals surface area contributed by atoms with Crippen molar-refractivity contribution in [3.8, 4) is 0 Å². The van der Waals surface area contributed by atoms with Gasteiger partial charge in [0.2, 0.25) is 0 Å². The second-order valence-electron chi connectivity index (χ2n) is 5.22. The summed E-state index contributed by atoms with van der Waals surface area (Å²) in [6.07, 6.45) is 1.09. The second kappa shape index (κ2) is 6.93. The van der Waals surface area contributed by atoms with Gasteiger partial charge in [-0.2, -0.15) is 0 Å². The zero-order valence-corrected chi connectivity index (χ0v) is 12.2. The van der Waals surface area contributed by atoms with Crippen molar-refractivity contribution in [2.75, 3.05) is 0 Å². The molecule has 1 amide bonds. The fourth-order valence-electron chi connectivity index (χ4n) is 2.30. The van der Waals surface area contributed by atoms with Crippen LogP contribution in [0, 0.1) is 0 Å². The Balaban J connectivity index is 2.11. The minimum atomic E-state index is -1.45. The van der Waals surface area contributed by atoms with E-state index in [4.69, 9.17) is 0 Å². The van der Waals surface area contributed by atoms with Gasteiger partial charge < -0.3 is 35.8 Å². The highest BCUT2D eigenvalue weighted by Crippen LogP contribution is 2.19. The summed E-state index contributed by atoms with van der Waals surface area (Å²) in [4.78, 5) is 36.6. The van der Waals surface area contributed by atoms with Crippen LogP contribution in [0.3, 0.4) is 0 Å². The molecular weight excluding hydrogens is 302 g/mol. The van der Waals surface area contributed by atoms with Gasteiger partial charge in [-0.1, -0.05) is 18.2 Å². The molecule has 2 atom stereocenters. The zero-order valence-electron chi connectivity index (χ0n) is 12.2. The van der Waals surface area contributed by atoms with Crippen LogP contribution < -0.4 is 21.3 Å². The van der Waals surface area contributed by atoms with Crippen LogP contribution in [0.15, 0.2) is 30.5 Å². The van der Waals surface area contributed by atoms with Crippen LogP contribution >= 0.6 is 0 Å². The van der Waals surface area contributed by atoms with E-state index in [1.165, 1.54) is 0 Å². The molecule has 8 nitrogen and oxygen atoms in total. The van der Waals surface area contributed by atoms with Gasteiger partial charge in [-0.3, -0.25) is 4.79 Å². The molecule has 2 aromatic rings. The molecule has 1 aromatic heterocycles. The van der Waals surface area contributed by atoms with Gasteiger partial charge in [0.25, 0.3) is 5.91 Å². The van der Waals surface area contributed by atoms with Gasteiger partial charge >= 0.3 is 0 Å². The molecule has 0 bridgehead atoms. The topological polar surface area (TPSA) is 153 Å². The van der Waals surface area contributed by atoms with Crippen molar-refractivity contribution in [3.63, 3.8) is 0 Å². The van der Waals surface area contributed by atoms with Gasteiger partial charge in [0.15, 0.2) is 6.04 Å². The first kappa shape index (κ1) is 16.5. The van der Waals surface area contributed by atoms with E-state index in [1.807, 2.05) is 24.3 Å². The van der Waals surface area contributed by atoms with Gasteiger partial charge in [0, 0.05) is 35.9 Å². The van der Waals surface area contributed by atoms with Crippen LogP contribution in [0.25, 0.3) is 10.9 Å². The van der Waals surface area contributed by atoms with E-state index >= 15 is 0 Å². The van der Waals surface area contributed by atoms with Crippen LogP contribution in [0.2, 0.25) is 0 Å². The lowest BCUT2D eigenvalue weighted by Crippen LogP contribution is -2.70. The van der Waals surface area contributed by atoms with Gasteiger partial charge in [-0.15, -0.1) is 0 Å². The average molecular weight is 318 g/mol. The molecule has 0 radical (unpaired) electrons. The molecule has 5 N–H and O–H groups in total. The molecule has 0 aliphatic heterocycles. The molecule has 2 rings (SSSR count). The van der Waals surface area contributed by atoms with E-state index in [2.05, 4.69) is 16.0 Å². The third-order valence-corrected chi connectivity index (χ3v) is 3.48. The molecule has 122 valence electrons. The maximum absolute atomic E-state index is 11.8. The lowest BCUT2D eigenvalue weighted by Gasteiger charge is -2.20. The molecule has 0 unspecified atom stereocenters. The monoisotopic (exact) mass is 318 g/mol. The first-order valence-corrected chi connectivity index (χ1v) is 6.97. The fourth-order valence-corrected chi connectivity index (χ4v) is 2.30. The van der Waals surface area contributed by atoms with E-state index < -0.39 is 36.4 Å². The number of fused-ring (bicyclic) bond motifs is 1. The SMILES string of the molecule is [NH3+][C@@H](CC(=O)[O-])C(=O)N[C@@H](Cc1c[nH]c2ccccc12)C(=O)[O-]. The Hall–Kier alpha value is -2.87. The van der Waals surface area contributed by atoms with Crippen molar-refractivity contribution in [2.24, 2.45) is 0 Å². The highest BCUT2D eigenvalue weighted by atomic mass is 16.4. The number of carboxylic acid groups (broad SMARTS) is 2. The summed E-state index contributed by atoms with van der Waals surface area (Å²) >= 11 is 0. The Labute approximate surface area is 131 Å². The number of nitrogens with one attached hydrogen (secondary N) is 2. The number of hydrogen-bond donors (Lipinski definition) is 3. The zero-order chi connectivity index (χ0) is 17.0. The molecule has 1 heterocycles. The van der Waals surface area contributed by atoms with E-state index in [9.17, 15) is 24.6 Å². The van der Waals surface area contributed by atoms with Crippen molar-refractivity contribution >= 4 is 28.7 Å². The van der Waals surface area contributed by atoms with Crippen molar-refractivity contribution in [2.45, 2.75) is 24.9 Å². The number of carboxylic acids is 2. The number of para-hydroxylation sites is 1. The van der Waals surface area contributed by atoms with E-state index in [-0.39, 0.29) is 6.42 Å². The van der Waals surface area contributed by atoms with Crippen molar-refractivity contribution in [1.29, 1.82) is 0 Å². The van der Waals surface area contributed by atoms with E-state index in [0.29, 0.717) is 5.56 Å². The second-order valence-corrected chi connectivity index (χ2v) is 5.22. The predicted octanol–water partition coefficient (Wildman–Crippen LogP) is -3.30.